The summed E-state index contributed by atoms with van der Waals surface area (Å²) in [5.41, 5.74) is 1.93. The Kier molecular flexibility index (Phi) is 5.53. The second kappa shape index (κ2) is 7.81. The Balaban J connectivity index is 1.59. The van der Waals surface area contributed by atoms with Gasteiger partial charge in [0.05, 0.1) is 13.0 Å². The number of amides is 1. The fourth-order valence-corrected chi connectivity index (χ4v) is 3.53. The molecule has 0 fully saturated rings. The Labute approximate surface area is 149 Å². The highest BCUT2D eigenvalue weighted by Crippen LogP contribution is 2.21. The highest BCUT2D eigenvalue weighted by molar-refractivity contribution is 8.13. The second-order valence-corrected chi connectivity index (χ2v) is 6.81. The van der Waals surface area contributed by atoms with Crippen LogP contribution in [0.1, 0.15) is 11.1 Å². The van der Waals surface area contributed by atoms with Crippen LogP contribution in [-0.4, -0.2) is 29.1 Å². The number of rotatable bonds is 4. The Morgan fingerprint density at radius 1 is 1.12 bits per heavy atom. The molecule has 0 unspecified atom stereocenters. The number of amidine groups is 1. The standard InChI is InChI=1S/C18H16ClFN2OS/c19-15-5-1-14(2-6-15)12-24-18-21-9-10-22(18)17(23)11-13-3-7-16(20)8-4-13/h1-8H,9-12H2. The molecule has 0 bridgehead atoms. The number of carbonyl (C=O) groups excluding carboxylic acids is 1. The van der Waals surface area contributed by atoms with Crippen molar-refractivity contribution in [1.29, 1.82) is 0 Å². The van der Waals surface area contributed by atoms with Crippen molar-refractivity contribution in [2.45, 2.75) is 12.2 Å². The number of thioether (sulfide) groups is 1. The number of nitrogens with zero attached hydrogens (tertiary/aromatic N) is 2. The first-order chi connectivity index (χ1) is 11.6. The molecule has 1 amide bonds. The van der Waals surface area contributed by atoms with Crippen LogP contribution in [0, 0.1) is 5.82 Å². The normalized spacial score (nSPS) is 13.9. The lowest BCUT2D eigenvalue weighted by molar-refractivity contribution is -0.126. The predicted octanol–water partition coefficient (Wildman–Crippen LogP) is 4.15. The van der Waals surface area contributed by atoms with E-state index in [1.807, 2.05) is 24.3 Å². The molecule has 0 saturated heterocycles. The van der Waals surface area contributed by atoms with Crippen molar-refractivity contribution in [2.24, 2.45) is 4.99 Å². The third-order valence-electron chi connectivity index (χ3n) is 3.65. The van der Waals surface area contributed by atoms with Crippen LogP contribution in [0.25, 0.3) is 0 Å². The monoisotopic (exact) mass is 362 g/mol. The zero-order valence-electron chi connectivity index (χ0n) is 12.9. The molecule has 0 radical (unpaired) electrons. The molecule has 2 aromatic rings. The summed E-state index contributed by atoms with van der Waals surface area (Å²) in [5, 5.41) is 1.45. The summed E-state index contributed by atoms with van der Waals surface area (Å²) in [7, 11) is 0. The molecule has 1 heterocycles. The summed E-state index contributed by atoms with van der Waals surface area (Å²) in [6.07, 6.45) is 0.251. The summed E-state index contributed by atoms with van der Waals surface area (Å²) in [4.78, 5) is 18.6. The molecule has 3 nitrogen and oxygen atoms in total. The minimum Gasteiger partial charge on any atom is -0.289 e. The van der Waals surface area contributed by atoms with E-state index >= 15 is 0 Å². The molecular formula is C18H16ClFN2OS. The van der Waals surface area contributed by atoms with Crippen LogP contribution in [0.3, 0.4) is 0 Å². The Morgan fingerprint density at radius 3 is 2.50 bits per heavy atom. The van der Waals surface area contributed by atoms with Gasteiger partial charge < -0.3 is 0 Å². The van der Waals surface area contributed by atoms with Crippen LogP contribution < -0.4 is 0 Å². The fraction of sp³-hybridized carbons (Fsp3) is 0.222. The topological polar surface area (TPSA) is 32.7 Å². The van der Waals surface area contributed by atoms with Crippen LogP contribution in [0.5, 0.6) is 0 Å². The molecule has 124 valence electrons. The first-order valence-electron chi connectivity index (χ1n) is 7.58. The SMILES string of the molecule is O=C(Cc1ccc(F)cc1)N1CCN=C1SCc1ccc(Cl)cc1. The lowest BCUT2D eigenvalue weighted by Crippen LogP contribution is -2.34. The van der Waals surface area contributed by atoms with E-state index < -0.39 is 0 Å². The second-order valence-electron chi connectivity index (χ2n) is 5.43. The maximum atomic E-state index is 12.9. The molecule has 0 N–H and O–H groups in total. The van der Waals surface area contributed by atoms with Gasteiger partial charge in [0.1, 0.15) is 5.82 Å². The molecule has 0 aromatic heterocycles. The van der Waals surface area contributed by atoms with Crippen LogP contribution in [0.15, 0.2) is 53.5 Å². The molecule has 1 aliphatic heterocycles. The highest BCUT2D eigenvalue weighted by Gasteiger charge is 2.24. The lowest BCUT2D eigenvalue weighted by atomic mass is 10.1. The van der Waals surface area contributed by atoms with E-state index in [2.05, 4.69) is 4.99 Å². The van der Waals surface area contributed by atoms with Gasteiger partial charge in [0.25, 0.3) is 0 Å². The number of hydrogen-bond donors (Lipinski definition) is 0. The van der Waals surface area contributed by atoms with Crippen molar-refractivity contribution in [2.75, 3.05) is 13.1 Å². The minimum absolute atomic E-state index is 0.0125. The van der Waals surface area contributed by atoms with E-state index in [0.717, 1.165) is 22.0 Å². The number of benzene rings is 2. The molecule has 6 heteroatoms. The van der Waals surface area contributed by atoms with E-state index in [9.17, 15) is 9.18 Å². The van der Waals surface area contributed by atoms with Gasteiger partial charge in [-0.15, -0.1) is 0 Å². The Hall–Kier alpha value is -1.85. The van der Waals surface area contributed by atoms with Crippen molar-refractivity contribution in [3.63, 3.8) is 0 Å². The van der Waals surface area contributed by atoms with Gasteiger partial charge in [-0.2, -0.15) is 0 Å². The first-order valence-corrected chi connectivity index (χ1v) is 8.95. The van der Waals surface area contributed by atoms with Crippen molar-refractivity contribution in [1.82, 2.24) is 4.90 Å². The van der Waals surface area contributed by atoms with E-state index in [1.165, 1.54) is 12.1 Å². The van der Waals surface area contributed by atoms with Crippen LogP contribution in [-0.2, 0) is 17.0 Å². The Bertz CT molecular complexity index is 747. The van der Waals surface area contributed by atoms with Crippen molar-refractivity contribution >= 4 is 34.4 Å². The average Bonchev–Trinajstić information content (AvgIpc) is 3.05. The van der Waals surface area contributed by atoms with Gasteiger partial charge >= 0.3 is 0 Å². The van der Waals surface area contributed by atoms with Crippen molar-refractivity contribution in [3.05, 3.63) is 70.5 Å². The van der Waals surface area contributed by atoms with Gasteiger partial charge in [0.15, 0.2) is 5.17 Å². The van der Waals surface area contributed by atoms with Gasteiger partial charge in [-0.25, -0.2) is 4.39 Å². The first kappa shape index (κ1) is 17.0. The van der Waals surface area contributed by atoms with E-state index in [1.54, 1.807) is 28.8 Å². The molecule has 1 aliphatic rings. The summed E-state index contributed by atoms with van der Waals surface area (Å²) < 4.78 is 12.9. The smallest absolute Gasteiger partial charge is 0.233 e. The van der Waals surface area contributed by atoms with Crippen molar-refractivity contribution < 1.29 is 9.18 Å². The quantitative estimate of drug-likeness (QED) is 0.818. The van der Waals surface area contributed by atoms with Crippen molar-refractivity contribution in [3.8, 4) is 0 Å². The van der Waals surface area contributed by atoms with Gasteiger partial charge in [-0.05, 0) is 35.4 Å². The van der Waals surface area contributed by atoms with Gasteiger partial charge in [0.2, 0.25) is 5.91 Å². The molecular weight excluding hydrogens is 347 g/mol. The number of hydrogen-bond acceptors (Lipinski definition) is 3. The molecule has 3 rings (SSSR count). The third-order valence-corrected chi connectivity index (χ3v) is 4.99. The van der Waals surface area contributed by atoms with E-state index in [-0.39, 0.29) is 18.1 Å². The van der Waals surface area contributed by atoms with Gasteiger partial charge in [0, 0.05) is 17.3 Å². The lowest BCUT2D eigenvalue weighted by Gasteiger charge is -2.18. The number of carbonyl (C=O) groups is 1. The Morgan fingerprint density at radius 2 is 1.79 bits per heavy atom. The van der Waals surface area contributed by atoms with E-state index in [4.69, 9.17) is 11.6 Å². The zero-order valence-corrected chi connectivity index (χ0v) is 14.5. The maximum Gasteiger partial charge on any atom is 0.233 e. The highest BCUT2D eigenvalue weighted by atomic mass is 35.5. The molecule has 0 aliphatic carbocycles. The zero-order chi connectivity index (χ0) is 16.9. The van der Waals surface area contributed by atoms with Crippen LogP contribution in [0.4, 0.5) is 4.39 Å². The number of halogens is 2. The third kappa shape index (κ3) is 4.36. The number of aliphatic imine (C=N–C) groups is 1. The maximum absolute atomic E-state index is 12.9. The summed E-state index contributed by atoms with van der Waals surface area (Å²) in [6, 6.07) is 13.7. The summed E-state index contributed by atoms with van der Waals surface area (Å²) in [5.74, 6) is 0.422. The van der Waals surface area contributed by atoms with Crippen LogP contribution in [0.2, 0.25) is 5.02 Å². The summed E-state index contributed by atoms with van der Waals surface area (Å²) >= 11 is 7.43. The molecule has 0 saturated carbocycles. The predicted molar refractivity (Wildman–Crippen MR) is 96.9 cm³/mol. The minimum atomic E-state index is -0.298. The summed E-state index contributed by atoms with van der Waals surface area (Å²) in [6.45, 7) is 1.22. The van der Waals surface area contributed by atoms with E-state index in [0.29, 0.717) is 18.1 Å². The van der Waals surface area contributed by atoms with Gasteiger partial charge in [-0.3, -0.25) is 14.7 Å². The largest absolute Gasteiger partial charge is 0.289 e. The molecule has 0 atom stereocenters. The molecule has 0 spiro atoms. The average molecular weight is 363 g/mol. The molecule has 2 aromatic carbocycles. The fourth-order valence-electron chi connectivity index (χ4n) is 2.38. The molecule has 24 heavy (non-hydrogen) atoms. The van der Waals surface area contributed by atoms with Gasteiger partial charge in [-0.1, -0.05) is 47.6 Å². The van der Waals surface area contributed by atoms with Crippen LogP contribution >= 0.6 is 23.4 Å².